The smallest absolute Gasteiger partial charge is 0.146 e. The number of benzene rings is 1. The molecule has 0 bridgehead atoms. The van der Waals surface area contributed by atoms with E-state index in [0.29, 0.717) is 17.4 Å². The molecule has 0 aliphatic heterocycles. The first-order chi connectivity index (χ1) is 8.38. The molecule has 0 heterocycles. The zero-order valence-electron chi connectivity index (χ0n) is 12.1. The Bertz CT molecular complexity index is 375. The van der Waals surface area contributed by atoms with Crippen LogP contribution in [0.1, 0.15) is 41.0 Å². The van der Waals surface area contributed by atoms with Gasteiger partial charge in [-0.15, -0.1) is 0 Å². The molecule has 0 fully saturated rings. The van der Waals surface area contributed by atoms with Crippen molar-refractivity contribution in [1.29, 1.82) is 0 Å². The van der Waals surface area contributed by atoms with E-state index in [9.17, 15) is 0 Å². The second-order valence-corrected chi connectivity index (χ2v) is 5.42. The maximum absolute atomic E-state index is 5.87. The van der Waals surface area contributed by atoms with Gasteiger partial charge in [0.05, 0.1) is 17.9 Å². The number of nitrogen functional groups attached to an aromatic ring is 1. The highest BCUT2D eigenvalue weighted by atomic mass is 16.5. The first-order valence-corrected chi connectivity index (χ1v) is 6.61. The molecule has 1 rings (SSSR count). The van der Waals surface area contributed by atoms with Crippen LogP contribution in [0, 0.1) is 5.92 Å². The van der Waals surface area contributed by atoms with Crippen molar-refractivity contribution in [1.82, 2.24) is 0 Å². The molecule has 0 saturated heterocycles. The number of ether oxygens (including phenoxy) is 2. The number of hydrogen-bond donors (Lipinski definition) is 1. The molecule has 1 aromatic rings. The van der Waals surface area contributed by atoms with Crippen LogP contribution in [0.4, 0.5) is 5.69 Å². The summed E-state index contributed by atoms with van der Waals surface area (Å²) in [4.78, 5) is 0. The standard InChI is InChI=1S/C15H25NO2/c1-10(2)8-12(5)18-13-6-7-14(16)15(9-13)17-11(3)4/h6-7,9-12H,8,16H2,1-5H3. The van der Waals surface area contributed by atoms with Gasteiger partial charge < -0.3 is 15.2 Å². The van der Waals surface area contributed by atoms with E-state index in [4.69, 9.17) is 15.2 Å². The molecule has 1 atom stereocenters. The molecule has 3 nitrogen and oxygen atoms in total. The van der Waals surface area contributed by atoms with Gasteiger partial charge in [0.15, 0.2) is 0 Å². The van der Waals surface area contributed by atoms with Crippen molar-refractivity contribution in [2.75, 3.05) is 5.73 Å². The molecule has 0 saturated carbocycles. The Morgan fingerprint density at radius 1 is 1.06 bits per heavy atom. The second-order valence-electron chi connectivity index (χ2n) is 5.42. The molecule has 3 heteroatoms. The van der Waals surface area contributed by atoms with Crippen LogP contribution in [0.2, 0.25) is 0 Å². The largest absolute Gasteiger partial charge is 0.491 e. The van der Waals surface area contributed by atoms with Crippen LogP contribution < -0.4 is 15.2 Å². The van der Waals surface area contributed by atoms with Crippen molar-refractivity contribution in [2.24, 2.45) is 5.92 Å². The van der Waals surface area contributed by atoms with E-state index in [-0.39, 0.29) is 12.2 Å². The summed E-state index contributed by atoms with van der Waals surface area (Å²) in [6.07, 6.45) is 1.33. The Hall–Kier alpha value is -1.38. The summed E-state index contributed by atoms with van der Waals surface area (Å²) < 4.78 is 11.5. The molecule has 2 N–H and O–H groups in total. The molecule has 0 aliphatic rings. The fourth-order valence-electron chi connectivity index (χ4n) is 1.89. The minimum atomic E-state index is 0.107. The first kappa shape index (κ1) is 14.7. The molecule has 1 aromatic carbocycles. The van der Waals surface area contributed by atoms with E-state index in [2.05, 4.69) is 20.8 Å². The van der Waals surface area contributed by atoms with E-state index in [1.807, 2.05) is 32.0 Å². The van der Waals surface area contributed by atoms with Gasteiger partial charge >= 0.3 is 0 Å². The third kappa shape index (κ3) is 4.86. The van der Waals surface area contributed by atoms with Crippen molar-refractivity contribution < 1.29 is 9.47 Å². The fraction of sp³-hybridized carbons (Fsp3) is 0.600. The van der Waals surface area contributed by atoms with Gasteiger partial charge in [0.2, 0.25) is 0 Å². The van der Waals surface area contributed by atoms with Crippen LogP contribution in [0.5, 0.6) is 11.5 Å². The van der Waals surface area contributed by atoms with Crippen LogP contribution in [0.25, 0.3) is 0 Å². The summed E-state index contributed by atoms with van der Waals surface area (Å²) in [7, 11) is 0. The third-order valence-corrected chi connectivity index (χ3v) is 2.49. The van der Waals surface area contributed by atoms with Gasteiger partial charge in [-0.2, -0.15) is 0 Å². The highest BCUT2D eigenvalue weighted by Crippen LogP contribution is 2.28. The minimum absolute atomic E-state index is 0.107. The summed E-state index contributed by atoms with van der Waals surface area (Å²) in [5, 5.41) is 0. The molecule has 0 spiro atoms. The highest BCUT2D eigenvalue weighted by molar-refractivity contribution is 5.55. The quantitative estimate of drug-likeness (QED) is 0.781. The summed E-state index contributed by atoms with van der Waals surface area (Å²) in [5.74, 6) is 2.13. The molecule has 0 aliphatic carbocycles. The van der Waals surface area contributed by atoms with Gasteiger partial charge in [0, 0.05) is 6.07 Å². The molecular formula is C15H25NO2. The van der Waals surface area contributed by atoms with Gasteiger partial charge in [-0.3, -0.25) is 0 Å². The van der Waals surface area contributed by atoms with Crippen LogP contribution in [-0.4, -0.2) is 12.2 Å². The maximum atomic E-state index is 5.87. The average Bonchev–Trinajstić information content (AvgIpc) is 2.21. The third-order valence-electron chi connectivity index (χ3n) is 2.49. The van der Waals surface area contributed by atoms with Crippen molar-refractivity contribution in [3.8, 4) is 11.5 Å². The summed E-state index contributed by atoms with van der Waals surface area (Å²) in [6.45, 7) is 10.4. The van der Waals surface area contributed by atoms with Crippen LogP contribution in [0.15, 0.2) is 18.2 Å². The van der Waals surface area contributed by atoms with Gasteiger partial charge in [0.1, 0.15) is 11.5 Å². The molecule has 18 heavy (non-hydrogen) atoms. The predicted octanol–water partition coefficient (Wildman–Crippen LogP) is 3.87. The molecule has 0 amide bonds. The number of anilines is 1. The maximum Gasteiger partial charge on any atom is 0.146 e. The van der Waals surface area contributed by atoms with E-state index in [1.54, 1.807) is 0 Å². The normalized spacial score (nSPS) is 12.8. The van der Waals surface area contributed by atoms with E-state index in [0.717, 1.165) is 12.2 Å². The Kier molecular flexibility index (Phi) is 5.32. The number of nitrogens with two attached hydrogens (primary N) is 1. The van der Waals surface area contributed by atoms with Gasteiger partial charge in [-0.05, 0) is 45.2 Å². The van der Waals surface area contributed by atoms with Gasteiger partial charge in [-0.25, -0.2) is 0 Å². The van der Waals surface area contributed by atoms with Crippen molar-refractivity contribution in [2.45, 2.75) is 53.2 Å². The Morgan fingerprint density at radius 2 is 1.72 bits per heavy atom. The highest BCUT2D eigenvalue weighted by Gasteiger charge is 2.09. The van der Waals surface area contributed by atoms with Crippen molar-refractivity contribution in [3.05, 3.63) is 18.2 Å². The first-order valence-electron chi connectivity index (χ1n) is 6.61. The number of rotatable bonds is 6. The van der Waals surface area contributed by atoms with Crippen molar-refractivity contribution in [3.63, 3.8) is 0 Å². The lowest BCUT2D eigenvalue weighted by atomic mass is 10.1. The summed E-state index contributed by atoms with van der Waals surface area (Å²) in [5.41, 5.74) is 6.51. The lowest BCUT2D eigenvalue weighted by Gasteiger charge is -2.18. The van der Waals surface area contributed by atoms with Crippen LogP contribution in [0.3, 0.4) is 0 Å². The van der Waals surface area contributed by atoms with Crippen LogP contribution in [-0.2, 0) is 0 Å². The fourth-order valence-corrected chi connectivity index (χ4v) is 1.89. The van der Waals surface area contributed by atoms with E-state index < -0.39 is 0 Å². The lowest BCUT2D eigenvalue weighted by molar-refractivity contribution is 0.191. The van der Waals surface area contributed by atoms with Crippen molar-refractivity contribution >= 4 is 5.69 Å². The summed E-state index contributed by atoms with van der Waals surface area (Å²) >= 11 is 0. The van der Waals surface area contributed by atoms with E-state index in [1.165, 1.54) is 0 Å². The zero-order chi connectivity index (χ0) is 13.7. The average molecular weight is 251 g/mol. The molecule has 1 unspecified atom stereocenters. The lowest BCUT2D eigenvalue weighted by Crippen LogP contribution is -2.15. The topological polar surface area (TPSA) is 44.5 Å². The molecular weight excluding hydrogens is 226 g/mol. The minimum Gasteiger partial charge on any atom is -0.491 e. The Labute approximate surface area is 110 Å². The van der Waals surface area contributed by atoms with Crippen LogP contribution >= 0.6 is 0 Å². The van der Waals surface area contributed by atoms with Gasteiger partial charge in [0.25, 0.3) is 0 Å². The summed E-state index contributed by atoms with van der Waals surface area (Å²) in [6, 6.07) is 5.58. The Balaban J connectivity index is 2.72. The second kappa shape index (κ2) is 6.53. The monoisotopic (exact) mass is 251 g/mol. The molecule has 0 radical (unpaired) electrons. The number of hydrogen-bond acceptors (Lipinski definition) is 3. The Morgan fingerprint density at radius 3 is 2.28 bits per heavy atom. The van der Waals surface area contributed by atoms with Gasteiger partial charge in [-0.1, -0.05) is 13.8 Å². The van der Waals surface area contributed by atoms with E-state index >= 15 is 0 Å². The SMILES string of the molecule is CC(C)CC(C)Oc1ccc(N)c(OC(C)C)c1. The predicted molar refractivity (Wildman–Crippen MR) is 76.2 cm³/mol. The molecule has 0 aromatic heterocycles. The molecule has 102 valence electrons. The zero-order valence-corrected chi connectivity index (χ0v) is 12.1.